The van der Waals surface area contributed by atoms with E-state index in [9.17, 15) is 5.11 Å². The molecule has 1 aromatic rings. The first-order chi connectivity index (χ1) is 9.28. The van der Waals surface area contributed by atoms with Gasteiger partial charge in [0.25, 0.3) is 0 Å². The van der Waals surface area contributed by atoms with Crippen molar-refractivity contribution in [2.75, 3.05) is 19.7 Å². The Morgan fingerprint density at radius 2 is 2.47 bits per heavy atom. The van der Waals surface area contributed by atoms with Gasteiger partial charge >= 0.3 is 0 Å². The Kier molecular flexibility index (Phi) is 6.31. The molecule has 0 radical (unpaired) electrons. The summed E-state index contributed by atoms with van der Waals surface area (Å²) in [6.07, 6.45) is 4.38. The first-order valence-corrected chi connectivity index (χ1v) is 8.25. The molecule has 108 valence electrons. The molecule has 0 aliphatic carbocycles. The predicted octanol–water partition coefficient (Wildman–Crippen LogP) is 2.89. The van der Waals surface area contributed by atoms with Crippen LogP contribution in [0.2, 0.25) is 0 Å². The van der Waals surface area contributed by atoms with E-state index in [2.05, 4.69) is 28.7 Å². The number of aliphatic hydroxyl groups is 1. The molecule has 1 saturated heterocycles. The first-order valence-electron chi connectivity index (χ1n) is 7.31. The Labute approximate surface area is 120 Å². The zero-order valence-corrected chi connectivity index (χ0v) is 12.6. The third-order valence-corrected chi connectivity index (χ3v) is 4.30. The van der Waals surface area contributed by atoms with E-state index in [1.54, 1.807) is 11.3 Å². The van der Waals surface area contributed by atoms with E-state index in [0.29, 0.717) is 6.10 Å². The third-order valence-electron chi connectivity index (χ3n) is 3.56. The van der Waals surface area contributed by atoms with Crippen molar-refractivity contribution in [2.24, 2.45) is 0 Å². The monoisotopic (exact) mass is 283 g/mol. The molecule has 0 aromatic carbocycles. The lowest BCUT2D eigenvalue weighted by Crippen LogP contribution is -2.37. The SMILES string of the molecule is CCCC(O)CN(Cc1ccsc1)CC1CCCO1. The normalized spacial score (nSPS) is 21.1. The van der Waals surface area contributed by atoms with E-state index in [4.69, 9.17) is 4.74 Å². The standard InChI is InChI=1S/C15H25NO2S/c1-2-4-14(17)10-16(9-13-6-8-19-12-13)11-15-5-3-7-18-15/h6,8,12,14-15,17H,2-5,7,9-11H2,1H3. The summed E-state index contributed by atoms with van der Waals surface area (Å²) in [6, 6.07) is 2.17. The van der Waals surface area contributed by atoms with Gasteiger partial charge in [-0.1, -0.05) is 13.3 Å². The van der Waals surface area contributed by atoms with E-state index in [-0.39, 0.29) is 6.10 Å². The van der Waals surface area contributed by atoms with Gasteiger partial charge in [0.05, 0.1) is 12.2 Å². The van der Waals surface area contributed by atoms with Gasteiger partial charge in [-0.05, 0) is 41.7 Å². The smallest absolute Gasteiger partial charge is 0.0702 e. The van der Waals surface area contributed by atoms with E-state index >= 15 is 0 Å². The predicted molar refractivity (Wildman–Crippen MR) is 79.5 cm³/mol. The molecule has 4 heteroatoms. The first kappa shape index (κ1) is 15.0. The molecule has 1 aliphatic rings. The molecule has 19 heavy (non-hydrogen) atoms. The Bertz CT molecular complexity index is 336. The van der Waals surface area contributed by atoms with Crippen molar-refractivity contribution in [1.29, 1.82) is 0 Å². The molecule has 0 saturated carbocycles. The summed E-state index contributed by atoms with van der Waals surface area (Å²) in [5.74, 6) is 0. The van der Waals surface area contributed by atoms with Crippen LogP contribution in [0.4, 0.5) is 0 Å². The van der Waals surface area contributed by atoms with Gasteiger partial charge in [0.1, 0.15) is 0 Å². The van der Waals surface area contributed by atoms with Crippen LogP contribution in [0.1, 0.15) is 38.2 Å². The van der Waals surface area contributed by atoms with Crippen LogP contribution in [0.15, 0.2) is 16.8 Å². The van der Waals surface area contributed by atoms with Crippen LogP contribution in [0.25, 0.3) is 0 Å². The van der Waals surface area contributed by atoms with Crippen molar-refractivity contribution in [2.45, 2.75) is 51.4 Å². The molecule has 2 unspecified atom stereocenters. The summed E-state index contributed by atoms with van der Waals surface area (Å²) < 4.78 is 5.72. The van der Waals surface area contributed by atoms with Gasteiger partial charge in [0.2, 0.25) is 0 Å². The van der Waals surface area contributed by atoms with Crippen molar-refractivity contribution in [1.82, 2.24) is 4.90 Å². The average molecular weight is 283 g/mol. The summed E-state index contributed by atoms with van der Waals surface area (Å²) >= 11 is 1.73. The van der Waals surface area contributed by atoms with Gasteiger partial charge in [0, 0.05) is 26.2 Å². The topological polar surface area (TPSA) is 32.7 Å². The maximum absolute atomic E-state index is 10.0. The zero-order chi connectivity index (χ0) is 13.5. The van der Waals surface area contributed by atoms with Crippen molar-refractivity contribution in [3.05, 3.63) is 22.4 Å². The van der Waals surface area contributed by atoms with Crippen LogP contribution < -0.4 is 0 Å². The molecule has 0 bridgehead atoms. The zero-order valence-electron chi connectivity index (χ0n) is 11.8. The number of aliphatic hydroxyl groups excluding tert-OH is 1. The molecule has 1 fully saturated rings. The highest BCUT2D eigenvalue weighted by Gasteiger charge is 2.21. The van der Waals surface area contributed by atoms with E-state index in [0.717, 1.165) is 45.5 Å². The molecule has 3 nitrogen and oxygen atoms in total. The second-order valence-electron chi connectivity index (χ2n) is 5.40. The van der Waals surface area contributed by atoms with Gasteiger partial charge in [-0.25, -0.2) is 0 Å². The number of ether oxygens (including phenoxy) is 1. The lowest BCUT2D eigenvalue weighted by atomic mass is 10.1. The molecule has 0 spiro atoms. The highest BCUT2D eigenvalue weighted by Crippen LogP contribution is 2.17. The molecule has 1 aromatic heterocycles. The Hall–Kier alpha value is -0.420. The number of hydrogen-bond donors (Lipinski definition) is 1. The number of nitrogens with zero attached hydrogens (tertiary/aromatic N) is 1. The number of thiophene rings is 1. The highest BCUT2D eigenvalue weighted by molar-refractivity contribution is 7.07. The van der Waals surface area contributed by atoms with Gasteiger partial charge in [-0.3, -0.25) is 4.90 Å². The summed E-state index contributed by atoms with van der Waals surface area (Å²) in [4.78, 5) is 2.35. The molecule has 2 heterocycles. The number of hydrogen-bond acceptors (Lipinski definition) is 4. The van der Waals surface area contributed by atoms with Crippen LogP contribution >= 0.6 is 11.3 Å². The van der Waals surface area contributed by atoms with Crippen molar-refractivity contribution in [3.8, 4) is 0 Å². The fourth-order valence-corrected chi connectivity index (χ4v) is 3.30. The summed E-state index contributed by atoms with van der Waals surface area (Å²) in [5.41, 5.74) is 1.34. The quantitative estimate of drug-likeness (QED) is 0.796. The van der Waals surface area contributed by atoms with Crippen LogP contribution in [-0.4, -0.2) is 41.9 Å². The third kappa shape index (κ3) is 5.22. The Balaban J connectivity index is 1.87. The van der Waals surface area contributed by atoms with E-state index in [1.807, 2.05) is 0 Å². The van der Waals surface area contributed by atoms with Crippen molar-refractivity contribution >= 4 is 11.3 Å². The highest BCUT2D eigenvalue weighted by atomic mass is 32.1. The minimum absolute atomic E-state index is 0.218. The average Bonchev–Trinajstić information content (AvgIpc) is 3.02. The number of rotatable bonds is 8. The van der Waals surface area contributed by atoms with Gasteiger partial charge < -0.3 is 9.84 Å². The second-order valence-corrected chi connectivity index (χ2v) is 6.18. The summed E-state index contributed by atoms with van der Waals surface area (Å²) in [7, 11) is 0. The molecule has 2 atom stereocenters. The van der Waals surface area contributed by atoms with Gasteiger partial charge in [-0.2, -0.15) is 11.3 Å². The molecular formula is C15H25NO2S. The van der Waals surface area contributed by atoms with Crippen LogP contribution in [0.3, 0.4) is 0 Å². The van der Waals surface area contributed by atoms with Crippen molar-refractivity contribution in [3.63, 3.8) is 0 Å². The van der Waals surface area contributed by atoms with Crippen molar-refractivity contribution < 1.29 is 9.84 Å². The summed E-state index contributed by atoms with van der Waals surface area (Å²) in [5, 5.41) is 14.3. The molecular weight excluding hydrogens is 258 g/mol. The summed E-state index contributed by atoms with van der Waals surface area (Å²) in [6.45, 7) is 5.63. The molecule has 1 N–H and O–H groups in total. The molecule has 1 aliphatic heterocycles. The fourth-order valence-electron chi connectivity index (χ4n) is 2.64. The maximum Gasteiger partial charge on any atom is 0.0702 e. The van der Waals surface area contributed by atoms with E-state index in [1.165, 1.54) is 12.0 Å². The largest absolute Gasteiger partial charge is 0.392 e. The van der Waals surface area contributed by atoms with Gasteiger partial charge in [0.15, 0.2) is 0 Å². The lowest BCUT2D eigenvalue weighted by molar-refractivity contribution is 0.0441. The van der Waals surface area contributed by atoms with Gasteiger partial charge in [-0.15, -0.1) is 0 Å². The maximum atomic E-state index is 10.0. The molecule has 0 amide bonds. The minimum Gasteiger partial charge on any atom is -0.392 e. The molecule has 2 rings (SSSR count). The second kappa shape index (κ2) is 8.00. The Morgan fingerprint density at radius 1 is 1.58 bits per heavy atom. The van der Waals surface area contributed by atoms with Crippen LogP contribution in [0.5, 0.6) is 0 Å². The van der Waals surface area contributed by atoms with Crippen LogP contribution in [-0.2, 0) is 11.3 Å². The lowest BCUT2D eigenvalue weighted by Gasteiger charge is -2.27. The van der Waals surface area contributed by atoms with Crippen LogP contribution in [0, 0.1) is 0 Å². The van der Waals surface area contributed by atoms with E-state index < -0.39 is 0 Å². The minimum atomic E-state index is -0.218. The Morgan fingerprint density at radius 3 is 3.11 bits per heavy atom. The fraction of sp³-hybridized carbons (Fsp3) is 0.733.